The number of nitrogens with one attached hydrogen (secondary N) is 1. The van der Waals surface area contributed by atoms with Gasteiger partial charge >= 0.3 is 0 Å². The van der Waals surface area contributed by atoms with Gasteiger partial charge in [0.25, 0.3) is 5.91 Å². The molecule has 1 atom stereocenters. The summed E-state index contributed by atoms with van der Waals surface area (Å²) in [6.07, 6.45) is 0. The predicted molar refractivity (Wildman–Crippen MR) is 102 cm³/mol. The summed E-state index contributed by atoms with van der Waals surface area (Å²) < 4.78 is 1.71. The molecule has 0 fully saturated rings. The van der Waals surface area contributed by atoms with Gasteiger partial charge in [-0.1, -0.05) is 55.8 Å². The Hall–Kier alpha value is -1.85. The van der Waals surface area contributed by atoms with Crippen LogP contribution in [-0.4, -0.2) is 41.2 Å². The molecule has 2 aromatic rings. The third kappa shape index (κ3) is 4.83. The van der Waals surface area contributed by atoms with Gasteiger partial charge in [0.15, 0.2) is 0 Å². The van der Waals surface area contributed by atoms with Gasteiger partial charge < -0.3 is 10.2 Å². The molecule has 0 radical (unpaired) electrons. The highest BCUT2D eigenvalue weighted by Crippen LogP contribution is 2.22. The lowest BCUT2D eigenvalue weighted by Crippen LogP contribution is -2.34. The van der Waals surface area contributed by atoms with Gasteiger partial charge in [-0.15, -0.1) is 0 Å². The van der Waals surface area contributed by atoms with Crippen molar-refractivity contribution in [2.24, 2.45) is 5.92 Å². The molecule has 1 N–H and O–H groups in total. The Bertz CT molecular complexity index is 710. The largest absolute Gasteiger partial charge is 0.350 e. The number of rotatable bonds is 7. The smallest absolute Gasteiger partial charge is 0.256 e. The zero-order chi connectivity index (χ0) is 18.6. The van der Waals surface area contributed by atoms with Crippen molar-refractivity contribution in [1.82, 2.24) is 20.0 Å². The van der Waals surface area contributed by atoms with E-state index in [1.165, 1.54) is 0 Å². The quantitative estimate of drug-likeness (QED) is 0.819. The zero-order valence-electron chi connectivity index (χ0n) is 15.6. The summed E-state index contributed by atoms with van der Waals surface area (Å²) in [5.41, 5.74) is 2.28. The van der Waals surface area contributed by atoms with Crippen LogP contribution >= 0.6 is 11.6 Å². The van der Waals surface area contributed by atoms with Gasteiger partial charge in [-0.2, -0.15) is 5.10 Å². The van der Waals surface area contributed by atoms with Crippen LogP contribution in [0.3, 0.4) is 0 Å². The number of benzene rings is 1. The van der Waals surface area contributed by atoms with Crippen LogP contribution in [0.4, 0.5) is 0 Å². The van der Waals surface area contributed by atoms with Crippen molar-refractivity contribution in [3.63, 3.8) is 0 Å². The van der Waals surface area contributed by atoms with Gasteiger partial charge in [0.05, 0.1) is 17.3 Å². The number of carbonyl (C=O) groups excluding carboxylic acids is 1. The van der Waals surface area contributed by atoms with Crippen LogP contribution in [0.25, 0.3) is 0 Å². The fourth-order valence-corrected chi connectivity index (χ4v) is 3.16. The molecule has 1 heterocycles. The minimum absolute atomic E-state index is 0.0925. The molecule has 0 spiro atoms. The number of likely N-dealkylation sites (N-methyl/N-ethyl adjacent to an activating group) is 1. The predicted octanol–water partition coefficient (Wildman–Crippen LogP) is 3.53. The molecule has 0 aliphatic rings. The number of aromatic nitrogens is 2. The maximum absolute atomic E-state index is 12.7. The molecule has 136 valence electrons. The molecular formula is C19H27ClN4O. The average Bonchev–Trinajstić information content (AvgIpc) is 2.81. The monoisotopic (exact) mass is 362 g/mol. The Morgan fingerprint density at radius 3 is 2.48 bits per heavy atom. The Kier molecular flexibility index (Phi) is 6.62. The molecule has 2 rings (SSSR count). The molecule has 1 aromatic carbocycles. The van der Waals surface area contributed by atoms with E-state index < -0.39 is 0 Å². The first-order valence-corrected chi connectivity index (χ1v) is 8.91. The van der Waals surface area contributed by atoms with E-state index in [9.17, 15) is 4.79 Å². The maximum atomic E-state index is 12.7. The minimum atomic E-state index is -0.180. The minimum Gasteiger partial charge on any atom is -0.350 e. The van der Waals surface area contributed by atoms with Crippen molar-refractivity contribution in [3.8, 4) is 0 Å². The second kappa shape index (κ2) is 8.50. The number of hydrogen-bond acceptors (Lipinski definition) is 3. The topological polar surface area (TPSA) is 50.2 Å². The van der Waals surface area contributed by atoms with Crippen molar-refractivity contribution in [3.05, 3.63) is 52.3 Å². The summed E-state index contributed by atoms with van der Waals surface area (Å²) in [7, 11) is 4.01. The molecule has 1 amide bonds. The van der Waals surface area contributed by atoms with E-state index in [1.54, 1.807) is 4.68 Å². The molecule has 0 saturated carbocycles. The first-order chi connectivity index (χ1) is 11.8. The number of halogens is 1. The average molecular weight is 363 g/mol. The van der Waals surface area contributed by atoms with E-state index in [2.05, 4.69) is 41.3 Å². The highest BCUT2D eigenvalue weighted by atomic mass is 35.5. The van der Waals surface area contributed by atoms with E-state index in [0.29, 0.717) is 35.4 Å². The van der Waals surface area contributed by atoms with Gasteiger partial charge in [-0.25, -0.2) is 0 Å². The third-order valence-electron chi connectivity index (χ3n) is 4.09. The fourth-order valence-electron chi connectivity index (χ4n) is 2.83. The van der Waals surface area contributed by atoms with Crippen molar-refractivity contribution in [2.75, 3.05) is 20.6 Å². The number of hydrogen-bond donors (Lipinski definition) is 1. The summed E-state index contributed by atoms with van der Waals surface area (Å²) in [5, 5.41) is 7.82. The number of aryl methyl sites for hydroxylation is 1. The molecule has 1 aromatic heterocycles. The summed E-state index contributed by atoms with van der Waals surface area (Å²) in [4.78, 5) is 14.8. The van der Waals surface area contributed by atoms with Crippen LogP contribution in [-0.2, 0) is 6.54 Å². The Morgan fingerprint density at radius 2 is 1.92 bits per heavy atom. The summed E-state index contributed by atoms with van der Waals surface area (Å²) in [6, 6.07) is 10.2. The lowest BCUT2D eigenvalue weighted by molar-refractivity contribution is 0.0941. The van der Waals surface area contributed by atoms with Crippen molar-refractivity contribution in [2.45, 2.75) is 33.4 Å². The van der Waals surface area contributed by atoms with Gasteiger partial charge in [0, 0.05) is 13.1 Å². The molecule has 0 aliphatic carbocycles. The number of nitrogens with zero attached hydrogens (tertiary/aromatic N) is 3. The third-order valence-corrected chi connectivity index (χ3v) is 4.48. The van der Waals surface area contributed by atoms with Crippen molar-refractivity contribution >= 4 is 17.5 Å². The Labute approximate surface area is 155 Å². The first-order valence-electron chi connectivity index (χ1n) is 8.53. The van der Waals surface area contributed by atoms with E-state index in [1.807, 2.05) is 39.2 Å². The molecule has 0 aliphatic heterocycles. The summed E-state index contributed by atoms with van der Waals surface area (Å²) in [5.74, 6) is 0.226. The van der Waals surface area contributed by atoms with Gasteiger partial charge in [0.1, 0.15) is 5.15 Å². The highest BCUT2D eigenvalue weighted by Gasteiger charge is 2.22. The molecular weight excluding hydrogens is 336 g/mol. The Balaban J connectivity index is 2.13. The lowest BCUT2D eigenvalue weighted by atomic mass is 10.1. The van der Waals surface area contributed by atoms with Crippen LogP contribution in [0, 0.1) is 12.8 Å². The number of amides is 1. The van der Waals surface area contributed by atoms with E-state index >= 15 is 0 Å². The van der Waals surface area contributed by atoms with E-state index in [0.717, 1.165) is 5.56 Å². The first kappa shape index (κ1) is 19.5. The summed E-state index contributed by atoms with van der Waals surface area (Å²) in [6.45, 7) is 7.19. The fraction of sp³-hybridized carbons (Fsp3) is 0.474. The SMILES string of the molecule is Cc1nn(CC(C)C)c(Cl)c1C(=O)NC[C@@H](c1ccccc1)N(C)C. The molecule has 0 unspecified atom stereocenters. The molecule has 25 heavy (non-hydrogen) atoms. The van der Waals surface area contributed by atoms with Crippen LogP contribution < -0.4 is 5.32 Å². The second-order valence-corrected chi connectivity index (χ2v) is 7.29. The molecule has 0 saturated heterocycles. The normalized spacial score (nSPS) is 12.6. The van der Waals surface area contributed by atoms with E-state index in [-0.39, 0.29) is 11.9 Å². The standard InChI is InChI=1S/C19H27ClN4O/c1-13(2)12-24-18(20)17(14(3)22-24)19(25)21-11-16(23(4)5)15-9-7-6-8-10-15/h6-10,13,16H,11-12H2,1-5H3,(H,21,25)/t16-/m0/s1. The van der Waals surface area contributed by atoms with Crippen molar-refractivity contribution in [1.29, 1.82) is 0 Å². The van der Waals surface area contributed by atoms with Gasteiger partial charge in [0.2, 0.25) is 0 Å². The van der Waals surface area contributed by atoms with Crippen LogP contribution in [0.5, 0.6) is 0 Å². The van der Waals surface area contributed by atoms with Crippen LogP contribution in [0.1, 0.15) is 41.5 Å². The summed E-state index contributed by atoms with van der Waals surface area (Å²) >= 11 is 6.39. The van der Waals surface area contributed by atoms with Crippen LogP contribution in [0.15, 0.2) is 30.3 Å². The highest BCUT2D eigenvalue weighted by molar-refractivity contribution is 6.33. The Morgan fingerprint density at radius 1 is 1.28 bits per heavy atom. The second-order valence-electron chi connectivity index (χ2n) is 6.93. The maximum Gasteiger partial charge on any atom is 0.256 e. The number of carbonyl (C=O) groups is 1. The zero-order valence-corrected chi connectivity index (χ0v) is 16.3. The van der Waals surface area contributed by atoms with Crippen LogP contribution in [0.2, 0.25) is 5.15 Å². The van der Waals surface area contributed by atoms with Gasteiger partial charge in [-0.3, -0.25) is 9.48 Å². The molecule has 0 bridgehead atoms. The van der Waals surface area contributed by atoms with Gasteiger partial charge in [-0.05, 0) is 32.5 Å². The van der Waals surface area contributed by atoms with E-state index in [4.69, 9.17) is 11.6 Å². The van der Waals surface area contributed by atoms with Crippen molar-refractivity contribution < 1.29 is 4.79 Å². The lowest BCUT2D eigenvalue weighted by Gasteiger charge is -2.25. The molecule has 5 nitrogen and oxygen atoms in total. The molecule has 6 heteroatoms.